The van der Waals surface area contributed by atoms with Crippen molar-refractivity contribution in [3.63, 3.8) is 0 Å². The van der Waals surface area contributed by atoms with Crippen molar-refractivity contribution in [3.05, 3.63) is 24.3 Å². The van der Waals surface area contributed by atoms with Gasteiger partial charge in [0.15, 0.2) is 0 Å². The molecule has 116 valence electrons. The average molecular weight is 312 g/mol. The molecule has 0 aromatic heterocycles. The van der Waals surface area contributed by atoms with Crippen molar-refractivity contribution in [3.8, 4) is 0 Å². The molecule has 0 spiro atoms. The molecule has 21 heavy (non-hydrogen) atoms. The maximum absolute atomic E-state index is 12.0. The second kappa shape index (κ2) is 6.91. The lowest BCUT2D eigenvalue weighted by molar-refractivity contribution is -0.124. The summed E-state index contributed by atoms with van der Waals surface area (Å²) in [5, 5.41) is 5.61. The van der Waals surface area contributed by atoms with Crippen molar-refractivity contribution in [2.75, 3.05) is 10.6 Å². The molecule has 0 saturated heterocycles. The number of halogens is 1. The number of benzene rings is 1. The third-order valence-electron chi connectivity index (χ3n) is 3.63. The molecule has 0 radical (unpaired) electrons. The SMILES string of the molecule is CC(C)C(=O)Nc1ccc(NC(=O)C2(N)CCC2)cc1.Cl. The van der Waals surface area contributed by atoms with Crippen molar-refractivity contribution >= 4 is 35.6 Å². The van der Waals surface area contributed by atoms with Crippen LogP contribution in [-0.4, -0.2) is 17.4 Å². The maximum atomic E-state index is 12.0. The summed E-state index contributed by atoms with van der Waals surface area (Å²) in [6.45, 7) is 3.67. The minimum Gasteiger partial charge on any atom is -0.326 e. The first-order valence-corrected chi connectivity index (χ1v) is 6.92. The summed E-state index contributed by atoms with van der Waals surface area (Å²) < 4.78 is 0. The van der Waals surface area contributed by atoms with Gasteiger partial charge >= 0.3 is 0 Å². The average Bonchev–Trinajstić information content (AvgIpc) is 2.38. The number of carbonyl (C=O) groups is 2. The molecule has 0 heterocycles. The highest BCUT2D eigenvalue weighted by atomic mass is 35.5. The van der Waals surface area contributed by atoms with Gasteiger partial charge in [0.2, 0.25) is 11.8 Å². The Morgan fingerprint density at radius 1 is 1.10 bits per heavy atom. The molecular weight excluding hydrogens is 290 g/mol. The summed E-state index contributed by atoms with van der Waals surface area (Å²) in [6.07, 6.45) is 2.48. The van der Waals surface area contributed by atoms with Crippen molar-refractivity contribution in [2.24, 2.45) is 11.7 Å². The quantitative estimate of drug-likeness (QED) is 0.799. The molecule has 0 bridgehead atoms. The van der Waals surface area contributed by atoms with Gasteiger partial charge in [0.25, 0.3) is 0 Å². The van der Waals surface area contributed by atoms with Gasteiger partial charge in [-0.2, -0.15) is 0 Å². The van der Waals surface area contributed by atoms with E-state index in [2.05, 4.69) is 10.6 Å². The first-order valence-electron chi connectivity index (χ1n) is 6.92. The van der Waals surface area contributed by atoms with Crippen LogP contribution in [0.15, 0.2) is 24.3 Å². The van der Waals surface area contributed by atoms with E-state index in [0.29, 0.717) is 11.4 Å². The Kier molecular flexibility index (Phi) is 5.75. The smallest absolute Gasteiger partial charge is 0.244 e. The molecule has 1 aliphatic rings. The van der Waals surface area contributed by atoms with Crippen LogP contribution in [0, 0.1) is 5.92 Å². The molecule has 1 saturated carbocycles. The van der Waals surface area contributed by atoms with Gasteiger partial charge in [-0.1, -0.05) is 13.8 Å². The van der Waals surface area contributed by atoms with Crippen LogP contribution in [0.25, 0.3) is 0 Å². The van der Waals surface area contributed by atoms with Gasteiger partial charge in [-0.05, 0) is 43.5 Å². The standard InChI is InChI=1S/C15H21N3O2.ClH/c1-10(2)13(19)17-11-4-6-12(7-5-11)18-14(20)15(16)8-3-9-15;/h4-7,10H,3,8-9,16H2,1-2H3,(H,17,19)(H,18,20);1H. The van der Waals surface area contributed by atoms with Crippen LogP contribution < -0.4 is 16.4 Å². The van der Waals surface area contributed by atoms with Crippen LogP contribution in [0.4, 0.5) is 11.4 Å². The Morgan fingerprint density at radius 2 is 1.57 bits per heavy atom. The molecule has 2 amide bonds. The fourth-order valence-corrected chi connectivity index (χ4v) is 1.96. The van der Waals surface area contributed by atoms with Gasteiger partial charge < -0.3 is 16.4 Å². The Morgan fingerprint density at radius 3 is 1.95 bits per heavy atom. The molecule has 0 aliphatic heterocycles. The molecule has 0 atom stereocenters. The van der Waals surface area contributed by atoms with Gasteiger partial charge in [-0.3, -0.25) is 9.59 Å². The monoisotopic (exact) mass is 311 g/mol. The zero-order valence-corrected chi connectivity index (χ0v) is 13.1. The van der Waals surface area contributed by atoms with E-state index in [-0.39, 0.29) is 30.1 Å². The largest absolute Gasteiger partial charge is 0.326 e. The summed E-state index contributed by atoms with van der Waals surface area (Å²) in [5.74, 6) is -0.232. The predicted octanol–water partition coefficient (Wildman–Crippen LogP) is 2.52. The number of amides is 2. The normalized spacial score (nSPS) is 15.6. The second-order valence-corrected chi connectivity index (χ2v) is 5.69. The van der Waals surface area contributed by atoms with Crippen LogP contribution in [0.5, 0.6) is 0 Å². The highest BCUT2D eigenvalue weighted by Crippen LogP contribution is 2.30. The lowest BCUT2D eigenvalue weighted by Crippen LogP contribution is -2.56. The predicted molar refractivity (Wildman–Crippen MR) is 86.6 cm³/mol. The van der Waals surface area contributed by atoms with Crippen molar-refractivity contribution in [1.82, 2.24) is 0 Å². The maximum Gasteiger partial charge on any atom is 0.244 e. The highest BCUT2D eigenvalue weighted by molar-refractivity contribution is 5.99. The second-order valence-electron chi connectivity index (χ2n) is 5.69. The third kappa shape index (κ3) is 4.19. The summed E-state index contributed by atoms with van der Waals surface area (Å²) in [4.78, 5) is 23.5. The van der Waals surface area contributed by atoms with Crippen LogP contribution in [0.2, 0.25) is 0 Å². The van der Waals surface area contributed by atoms with Crippen LogP contribution in [-0.2, 0) is 9.59 Å². The van der Waals surface area contributed by atoms with Gasteiger partial charge in [0, 0.05) is 17.3 Å². The van der Waals surface area contributed by atoms with E-state index in [9.17, 15) is 9.59 Å². The van der Waals surface area contributed by atoms with E-state index < -0.39 is 5.54 Å². The van der Waals surface area contributed by atoms with Gasteiger partial charge in [0.1, 0.15) is 0 Å². The first-order chi connectivity index (χ1) is 9.40. The zero-order valence-electron chi connectivity index (χ0n) is 12.3. The molecule has 1 aliphatic carbocycles. The third-order valence-corrected chi connectivity index (χ3v) is 3.63. The van der Waals surface area contributed by atoms with E-state index in [1.165, 1.54) is 0 Å². The molecule has 1 aromatic carbocycles. The molecule has 5 nitrogen and oxygen atoms in total. The topological polar surface area (TPSA) is 84.2 Å². The number of rotatable bonds is 4. The number of anilines is 2. The van der Waals surface area contributed by atoms with E-state index in [1.54, 1.807) is 24.3 Å². The van der Waals surface area contributed by atoms with E-state index in [1.807, 2.05) is 13.8 Å². The summed E-state index contributed by atoms with van der Waals surface area (Å²) in [6, 6.07) is 7.05. The highest BCUT2D eigenvalue weighted by Gasteiger charge is 2.40. The molecule has 1 aromatic rings. The molecule has 4 N–H and O–H groups in total. The van der Waals surface area contributed by atoms with Crippen LogP contribution in [0.1, 0.15) is 33.1 Å². The Balaban J connectivity index is 0.00000220. The molecule has 0 unspecified atom stereocenters. The van der Waals surface area contributed by atoms with E-state index in [4.69, 9.17) is 5.73 Å². The van der Waals surface area contributed by atoms with Crippen molar-refractivity contribution in [1.29, 1.82) is 0 Å². The summed E-state index contributed by atoms with van der Waals surface area (Å²) in [5.41, 5.74) is 6.66. The number of hydrogen-bond acceptors (Lipinski definition) is 3. The zero-order chi connectivity index (χ0) is 14.8. The minimum absolute atomic E-state index is 0. The number of nitrogens with two attached hydrogens (primary N) is 1. The molecule has 2 rings (SSSR count). The fraction of sp³-hybridized carbons (Fsp3) is 0.467. The van der Waals surface area contributed by atoms with Crippen LogP contribution >= 0.6 is 12.4 Å². The lowest BCUT2D eigenvalue weighted by atomic mass is 9.77. The molecular formula is C15H22ClN3O2. The first kappa shape index (κ1) is 17.5. The number of carbonyl (C=O) groups excluding carboxylic acids is 2. The minimum atomic E-state index is -0.704. The fourth-order valence-electron chi connectivity index (χ4n) is 1.96. The Bertz CT molecular complexity index is 510. The molecule has 1 fully saturated rings. The summed E-state index contributed by atoms with van der Waals surface area (Å²) in [7, 11) is 0. The molecule has 6 heteroatoms. The van der Waals surface area contributed by atoms with Crippen molar-refractivity contribution < 1.29 is 9.59 Å². The van der Waals surface area contributed by atoms with Gasteiger partial charge in [-0.25, -0.2) is 0 Å². The Hall–Kier alpha value is -1.59. The number of hydrogen-bond donors (Lipinski definition) is 3. The van der Waals surface area contributed by atoms with Crippen molar-refractivity contribution in [2.45, 2.75) is 38.6 Å². The van der Waals surface area contributed by atoms with Crippen LogP contribution in [0.3, 0.4) is 0 Å². The summed E-state index contributed by atoms with van der Waals surface area (Å²) >= 11 is 0. The van der Waals surface area contributed by atoms with E-state index in [0.717, 1.165) is 19.3 Å². The Labute approximate surface area is 131 Å². The van der Waals surface area contributed by atoms with E-state index >= 15 is 0 Å². The van der Waals surface area contributed by atoms with Gasteiger partial charge in [0.05, 0.1) is 5.54 Å². The lowest BCUT2D eigenvalue weighted by Gasteiger charge is -2.36. The van der Waals surface area contributed by atoms with Gasteiger partial charge in [-0.15, -0.1) is 12.4 Å². The number of nitrogens with one attached hydrogen (secondary N) is 2.